The number of esters is 7. The molecule has 0 aliphatic heterocycles. The number of fused-ring (bicyclic) bond motifs is 1. The number of carbonyl (C=O) groups excluding carboxylic acids is 8. The van der Waals surface area contributed by atoms with Gasteiger partial charge in [0.2, 0.25) is 0 Å². The number of ketones is 1. The zero-order valence-corrected chi connectivity index (χ0v) is 35.3. The van der Waals surface area contributed by atoms with Crippen molar-refractivity contribution < 1.29 is 71.5 Å². The van der Waals surface area contributed by atoms with Crippen LogP contribution < -0.4 is 0 Å². The third-order valence-corrected chi connectivity index (χ3v) is 10.1. The van der Waals surface area contributed by atoms with Gasteiger partial charge in [-0.2, -0.15) is 0 Å². The lowest BCUT2D eigenvalue weighted by molar-refractivity contribution is -0.194. The molecule has 0 spiro atoms. The molecule has 2 aliphatic carbocycles. The first kappa shape index (κ1) is 47.0. The Hall–Kier alpha value is -5.34. The fourth-order valence-corrected chi connectivity index (χ4v) is 7.42. The third-order valence-electron chi connectivity index (χ3n) is 10.1. The molecule has 1 fully saturated rings. The minimum absolute atomic E-state index is 0.0498. The average molecular weight is 813 g/mol. The molecular formula is C43H56O15. The standard InChI is InChI=1S/C43H56O15/c1-22(2)38(49)55-33-25(6)32(52-26(7)44)31-36(56-40(51)30-17-15-14-16-18-30)42(13,58-39(50)23(3)4)21-43(31,57-29(10)47)35(48)24(5)19-20-41(11,12)37(54-28(9)46)34(33)53-27(8)45/h14-20,22-24,31-34,36-37H,6,21H2,1-5,7-13H3/b20-19+/t24-,31-,32-,33+,34-,36+,37-,42-,43-/m1/s1. The van der Waals surface area contributed by atoms with E-state index in [1.807, 2.05) is 0 Å². The first-order chi connectivity index (χ1) is 26.8. The quantitative estimate of drug-likeness (QED) is 0.169. The van der Waals surface area contributed by atoms with E-state index in [1.165, 1.54) is 52.0 Å². The number of allylic oxidation sites excluding steroid dienone is 1. The normalized spacial score (nSPS) is 30.1. The maximum atomic E-state index is 15.3. The molecule has 15 nitrogen and oxygen atoms in total. The summed E-state index contributed by atoms with van der Waals surface area (Å²) in [5.74, 6) is -11.5. The Morgan fingerprint density at radius 2 is 1.24 bits per heavy atom. The van der Waals surface area contributed by atoms with Gasteiger partial charge >= 0.3 is 41.8 Å². The molecule has 0 N–H and O–H groups in total. The van der Waals surface area contributed by atoms with Crippen molar-refractivity contribution >= 4 is 47.6 Å². The van der Waals surface area contributed by atoms with Gasteiger partial charge in [0.15, 0.2) is 41.4 Å². The van der Waals surface area contributed by atoms with Crippen molar-refractivity contribution in [2.75, 3.05) is 0 Å². The van der Waals surface area contributed by atoms with Crippen molar-refractivity contribution in [1.82, 2.24) is 0 Å². The zero-order chi connectivity index (χ0) is 44.1. The second-order valence-corrected chi connectivity index (χ2v) is 16.3. The number of ether oxygens (including phenoxy) is 7. The maximum absolute atomic E-state index is 15.3. The second kappa shape index (κ2) is 18.5. The van der Waals surface area contributed by atoms with E-state index in [1.54, 1.807) is 45.9 Å². The third kappa shape index (κ3) is 10.6. The van der Waals surface area contributed by atoms with Crippen LogP contribution in [-0.2, 0) is 66.7 Å². The van der Waals surface area contributed by atoms with E-state index in [2.05, 4.69) is 6.58 Å². The summed E-state index contributed by atoms with van der Waals surface area (Å²) in [6.07, 6.45) is -6.25. The van der Waals surface area contributed by atoms with Gasteiger partial charge in [-0.3, -0.25) is 33.6 Å². The lowest BCUT2D eigenvalue weighted by atomic mass is 9.72. The smallest absolute Gasteiger partial charge is 0.338 e. The molecule has 0 aromatic heterocycles. The first-order valence-electron chi connectivity index (χ1n) is 19.1. The van der Waals surface area contributed by atoms with Gasteiger partial charge in [0.25, 0.3) is 0 Å². The molecule has 0 unspecified atom stereocenters. The zero-order valence-electron chi connectivity index (χ0n) is 35.3. The SMILES string of the molecule is C=C1[C@@H](OC(C)=O)[C@@H]2[C@H](OC(=O)c3ccccc3)[C@](C)(OC(=O)C(C)C)C[C@]2(OC(C)=O)C(=O)[C@H](C)/C=C/C(C)(C)[C@H](OC(C)=O)[C@H](OC(C)=O)[C@H]1OC(=O)C(C)C. The molecule has 9 atom stereocenters. The number of hydrogen-bond acceptors (Lipinski definition) is 15. The van der Waals surface area contributed by atoms with E-state index < -0.39 is 125 Å². The van der Waals surface area contributed by atoms with Gasteiger partial charge < -0.3 is 33.2 Å². The van der Waals surface area contributed by atoms with Crippen LogP contribution in [0.2, 0.25) is 0 Å². The van der Waals surface area contributed by atoms with E-state index in [4.69, 9.17) is 33.2 Å². The molecule has 0 heterocycles. The molecule has 318 valence electrons. The second-order valence-electron chi connectivity index (χ2n) is 16.3. The van der Waals surface area contributed by atoms with E-state index in [0.29, 0.717) is 0 Å². The summed E-state index contributed by atoms with van der Waals surface area (Å²) in [6, 6.07) is 7.73. The van der Waals surface area contributed by atoms with Gasteiger partial charge in [-0.25, -0.2) is 4.79 Å². The van der Waals surface area contributed by atoms with Crippen molar-refractivity contribution in [2.24, 2.45) is 29.1 Å². The van der Waals surface area contributed by atoms with E-state index >= 15 is 4.79 Å². The van der Waals surface area contributed by atoms with Crippen LogP contribution in [0.25, 0.3) is 0 Å². The van der Waals surface area contributed by atoms with Crippen molar-refractivity contribution in [2.45, 2.75) is 131 Å². The molecule has 2 aliphatic rings. The van der Waals surface area contributed by atoms with Gasteiger partial charge in [0.05, 0.1) is 23.3 Å². The molecule has 1 aromatic carbocycles. The fraction of sp³-hybridized carbons (Fsp3) is 0.581. The van der Waals surface area contributed by atoms with Crippen LogP contribution in [0.4, 0.5) is 0 Å². The molecule has 0 bridgehead atoms. The average Bonchev–Trinajstić information content (AvgIpc) is 3.34. The molecule has 3 rings (SSSR count). The van der Waals surface area contributed by atoms with Gasteiger partial charge in [0, 0.05) is 51.0 Å². The highest BCUT2D eigenvalue weighted by atomic mass is 16.6. The minimum atomic E-state index is -2.42. The van der Waals surface area contributed by atoms with Crippen molar-refractivity contribution in [3.8, 4) is 0 Å². The lowest BCUT2D eigenvalue weighted by Gasteiger charge is -2.44. The summed E-state index contributed by atoms with van der Waals surface area (Å²) in [5, 5.41) is 0. The Bertz CT molecular complexity index is 1810. The summed E-state index contributed by atoms with van der Waals surface area (Å²) in [6.45, 7) is 20.8. The number of benzene rings is 1. The predicted octanol–water partition coefficient (Wildman–Crippen LogP) is 5.21. The molecule has 0 radical (unpaired) electrons. The number of rotatable bonds is 10. The number of hydrogen-bond donors (Lipinski definition) is 0. The Morgan fingerprint density at radius 1 is 0.690 bits per heavy atom. The van der Waals surface area contributed by atoms with E-state index in [9.17, 15) is 33.6 Å². The van der Waals surface area contributed by atoms with Crippen LogP contribution in [0.3, 0.4) is 0 Å². The van der Waals surface area contributed by atoms with Crippen LogP contribution in [0.5, 0.6) is 0 Å². The summed E-state index contributed by atoms with van der Waals surface area (Å²) < 4.78 is 42.1. The van der Waals surface area contributed by atoms with E-state index in [0.717, 1.165) is 27.7 Å². The Balaban J connectivity index is 2.63. The molecule has 1 saturated carbocycles. The summed E-state index contributed by atoms with van der Waals surface area (Å²) in [4.78, 5) is 109. The Labute approximate surface area is 339 Å². The number of carbonyl (C=O) groups is 8. The molecule has 0 saturated heterocycles. The predicted molar refractivity (Wildman–Crippen MR) is 205 cm³/mol. The van der Waals surface area contributed by atoms with Crippen LogP contribution in [0.15, 0.2) is 54.6 Å². The Morgan fingerprint density at radius 3 is 1.74 bits per heavy atom. The van der Waals surface area contributed by atoms with E-state index in [-0.39, 0.29) is 11.1 Å². The lowest BCUT2D eigenvalue weighted by Crippen LogP contribution is -2.59. The van der Waals surface area contributed by atoms with Gasteiger partial charge in [-0.05, 0) is 19.1 Å². The van der Waals surface area contributed by atoms with Crippen LogP contribution in [0, 0.1) is 29.1 Å². The topological polar surface area (TPSA) is 201 Å². The van der Waals surface area contributed by atoms with Gasteiger partial charge in [-0.15, -0.1) is 0 Å². The summed E-state index contributed by atoms with van der Waals surface area (Å²) in [7, 11) is 0. The monoisotopic (exact) mass is 812 g/mol. The van der Waals surface area contributed by atoms with Crippen LogP contribution >= 0.6 is 0 Å². The summed E-state index contributed by atoms with van der Waals surface area (Å²) in [5.41, 5.74) is -6.02. The highest BCUT2D eigenvalue weighted by molar-refractivity contribution is 5.94. The molecule has 1 aromatic rings. The van der Waals surface area contributed by atoms with Crippen molar-refractivity contribution in [1.29, 1.82) is 0 Å². The van der Waals surface area contributed by atoms with Gasteiger partial charge in [0.1, 0.15) is 6.10 Å². The maximum Gasteiger partial charge on any atom is 0.338 e. The minimum Gasteiger partial charge on any atom is -0.458 e. The molecule has 15 heteroatoms. The largest absolute Gasteiger partial charge is 0.458 e. The molecule has 58 heavy (non-hydrogen) atoms. The van der Waals surface area contributed by atoms with Gasteiger partial charge in [-0.1, -0.05) is 85.4 Å². The highest BCUT2D eigenvalue weighted by Crippen LogP contribution is 2.54. The number of Topliss-reactive ketones (excluding diaryl/α,β-unsaturated/α-hetero) is 1. The van der Waals surface area contributed by atoms with Crippen LogP contribution in [-0.4, -0.2) is 89.3 Å². The summed E-state index contributed by atoms with van der Waals surface area (Å²) >= 11 is 0. The van der Waals surface area contributed by atoms with Crippen LogP contribution in [0.1, 0.15) is 99.9 Å². The fourth-order valence-electron chi connectivity index (χ4n) is 7.42. The van der Waals surface area contributed by atoms with Crippen molar-refractivity contribution in [3.63, 3.8) is 0 Å². The molecule has 0 amide bonds. The van der Waals surface area contributed by atoms with Crippen molar-refractivity contribution in [3.05, 3.63) is 60.2 Å². The highest BCUT2D eigenvalue weighted by Gasteiger charge is 2.72. The Kier molecular flexibility index (Phi) is 15.0. The molecular weight excluding hydrogens is 756 g/mol. The first-order valence-corrected chi connectivity index (χ1v) is 19.1.